The van der Waals surface area contributed by atoms with Gasteiger partial charge in [0.25, 0.3) is 5.91 Å². The second-order valence-corrected chi connectivity index (χ2v) is 6.88. The van der Waals surface area contributed by atoms with Gasteiger partial charge in [0.1, 0.15) is 11.3 Å². The van der Waals surface area contributed by atoms with Crippen LogP contribution in [0.25, 0.3) is 17.1 Å². The minimum atomic E-state index is -0.195. The molecule has 5 rings (SSSR count). The number of nitrogens with zero attached hydrogens (tertiary/aromatic N) is 2. The fraction of sp³-hybridized carbons (Fsp3) is 0.190. The predicted octanol–water partition coefficient (Wildman–Crippen LogP) is 3.90. The molecule has 2 aliphatic rings. The second kappa shape index (κ2) is 8.68. The fourth-order valence-corrected chi connectivity index (χ4v) is 3.85. The number of hydrogen-bond donors (Lipinski definition) is 3. The van der Waals surface area contributed by atoms with Crippen LogP contribution in [0.1, 0.15) is 35.6 Å². The van der Waals surface area contributed by atoms with Gasteiger partial charge in [-0.1, -0.05) is 24.3 Å². The van der Waals surface area contributed by atoms with Crippen LogP contribution in [-0.4, -0.2) is 21.8 Å². The third-order valence-electron chi connectivity index (χ3n) is 5.15. The smallest absolute Gasteiger partial charge is 0.276 e. The first-order valence-electron chi connectivity index (χ1n) is 9.16. The van der Waals surface area contributed by atoms with Gasteiger partial charge in [-0.2, -0.15) is 0 Å². The molecule has 29 heavy (non-hydrogen) atoms. The first kappa shape index (κ1) is 20.9. The number of hydrogen-bond acceptors (Lipinski definition) is 4. The molecule has 3 aromatic rings. The lowest BCUT2D eigenvalue weighted by molar-refractivity contribution is -0.115. The van der Waals surface area contributed by atoms with Crippen molar-refractivity contribution in [1.29, 1.82) is 0 Å². The SMILES string of the molecule is Cl.Cl.O=C1NC(NC2CCCc3ccccc32)=N/C1=C\c1c[nH]c2ncccc12. The largest absolute Gasteiger partial charge is 0.349 e. The number of H-pyrrole nitrogens is 1. The minimum Gasteiger partial charge on any atom is -0.349 e. The number of pyridine rings is 1. The van der Waals surface area contributed by atoms with E-state index in [0.29, 0.717) is 11.7 Å². The number of guanidine groups is 1. The van der Waals surface area contributed by atoms with Crippen LogP contribution in [-0.2, 0) is 11.2 Å². The zero-order valence-corrected chi connectivity index (χ0v) is 17.1. The number of aliphatic imine (C=N–C) groups is 1. The van der Waals surface area contributed by atoms with Gasteiger partial charge in [-0.3, -0.25) is 10.1 Å². The molecule has 1 unspecified atom stereocenters. The van der Waals surface area contributed by atoms with E-state index in [0.717, 1.165) is 35.9 Å². The number of aromatic amines is 1. The van der Waals surface area contributed by atoms with Crippen molar-refractivity contribution in [2.45, 2.75) is 25.3 Å². The zero-order chi connectivity index (χ0) is 18.2. The van der Waals surface area contributed by atoms with Crippen LogP contribution in [0.15, 0.2) is 59.5 Å². The standard InChI is InChI=1S/C21H19N5O.2ClH/c27-20-18(11-14-12-23-19-16(14)8-4-10-22-19)25-21(26-20)24-17-9-3-6-13-5-1-2-7-15(13)17;;/h1-2,4-5,7-8,10-12,17H,3,6,9H2,(H,22,23)(H2,24,25,26,27);2*1H/b18-11-;;. The summed E-state index contributed by atoms with van der Waals surface area (Å²) < 4.78 is 0. The van der Waals surface area contributed by atoms with E-state index < -0.39 is 0 Å². The molecule has 0 saturated carbocycles. The van der Waals surface area contributed by atoms with Gasteiger partial charge < -0.3 is 10.3 Å². The Labute approximate surface area is 180 Å². The number of amides is 1. The van der Waals surface area contributed by atoms with E-state index >= 15 is 0 Å². The molecule has 0 spiro atoms. The van der Waals surface area contributed by atoms with Crippen molar-refractivity contribution in [3.05, 3.63) is 71.2 Å². The summed E-state index contributed by atoms with van der Waals surface area (Å²) in [5.41, 5.74) is 4.75. The van der Waals surface area contributed by atoms with Gasteiger partial charge in [0.15, 0.2) is 0 Å². The van der Waals surface area contributed by atoms with Crippen molar-refractivity contribution >= 4 is 53.8 Å². The van der Waals surface area contributed by atoms with Gasteiger partial charge >= 0.3 is 0 Å². The molecule has 1 amide bonds. The molecule has 0 bridgehead atoms. The van der Waals surface area contributed by atoms with E-state index in [2.05, 4.69) is 49.9 Å². The van der Waals surface area contributed by atoms with Gasteiger partial charge in [-0.25, -0.2) is 9.98 Å². The van der Waals surface area contributed by atoms with Crippen LogP contribution in [0.2, 0.25) is 0 Å². The summed E-state index contributed by atoms with van der Waals surface area (Å²) in [7, 11) is 0. The quantitative estimate of drug-likeness (QED) is 0.540. The second-order valence-electron chi connectivity index (χ2n) is 6.88. The van der Waals surface area contributed by atoms with Crippen molar-refractivity contribution in [3.8, 4) is 0 Å². The van der Waals surface area contributed by atoms with E-state index in [1.54, 1.807) is 12.3 Å². The van der Waals surface area contributed by atoms with E-state index in [1.165, 1.54) is 11.1 Å². The molecule has 3 N–H and O–H groups in total. The zero-order valence-electron chi connectivity index (χ0n) is 15.5. The molecule has 0 fully saturated rings. The highest BCUT2D eigenvalue weighted by Crippen LogP contribution is 2.29. The highest BCUT2D eigenvalue weighted by atomic mass is 35.5. The monoisotopic (exact) mass is 429 g/mol. The molecular weight excluding hydrogens is 409 g/mol. The Morgan fingerprint density at radius 3 is 2.90 bits per heavy atom. The normalized spacial score (nSPS) is 19.0. The van der Waals surface area contributed by atoms with E-state index in [9.17, 15) is 4.79 Å². The van der Waals surface area contributed by atoms with Gasteiger partial charge in [0, 0.05) is 23.3 Å². The van der Waals surface area contributed by atoms with E-state index in [-0.39, 0.29) is 36.8 Å². The Hall–Kier alpha value is -2.83. The molecule has 3 heterocycles. The molecule has 6 nitrogen and oxygen atoms in total. The number of fused-ring (bicyclic) bond motifs is 2. The summed E-state index contributed by atoms with van der Waals surface area (Å²) in [4.78, 5) is 24.3. The van der Waals surface area contributed by atoms with E-state index in [1.807, 2.05) is 18.3 Å². The van der Waals surface area contributed by atoms with Gasteiger partial charge in [0.2, 0.25) is 5.96 Å². The lowest BCUT2D eigenvalue weighted by Crippen LogP contribution is -2.39. The molecule has 8 heteroatoms. The summed E-state index contributed by atoms with van der Waals surface area (Å²) in [6.45, 7) is 0. The number of carbonyl (C=O) groups is 1. The van der Waals surface area contributed by atoms with Gasteiger partial charge in [-0.05, 0) is 48.6 Å². The maximum absolute atomic E-state index is 12.4. The molecule has 150 valence electrons. The topological polar surface area (TPSA) is 82.2 Å². The number of nitrogens with one attached hydrogen (secondary N) is 3. The summed E-state index contributed by atoms with van der Waals surface area (Å²) in [6, 6.07) is 12.5. The van der Waals surface area contributed by atoms with Crippen molar-refractivity contribution in [2.75, 3.05) is 0 Å². The van der Waals surface area contributed by atoms with Crippen molar-refractivity contribution in [2.24, 2.45) is 4.99 Å². The van der Waals surface area contributed by atoms with E-state index in [4.69, 9.17) is 0 Å². The highest BCUT2D eigenvalue weighted by molar-refractivity contribution is 6.14. The lowest BCUT2D eigenvalue weighted by Gasteiger charge is -2.26. The number of halogens is 2. The molecule has 1 atom stereocenters. The van der Waals surface area contributed by atoms with Crippen LogP contribution in [0.5, 0.6) is 0 Å². The van der Waals surface area contributed by atoms with Crippen molar-refractivity contribution < 1.29 is 4.79 Å². The first-order valence-corrected chi connectivity index (χ1v) is 9.16. The highest BCUT2D eigenvalue weighted by Gasteiger charge is 2.25. The molecule has 1 aromatic carbocycles. The third kappa shape index (κ3) is 3.99. The Morgan fingerprint density at radius 2 is 2.00 bits per heavy atom. The Kier molecular flexibility index (Phi) is 6.25. The number of benzene rings is 1. The Morgan fingerprint density at radius 1 is 1.14 bits per heavy atom. The molecule has 2 aromatic heterocycles. The molecule has 0 radical (unpaired) electrons. The Balaban J connectivity index is 0.00000120. The minimum absolute atomic E-state index is 0. The van der Waals surface area contributed by atoms with Gasteiger partial charge in [0.05, 0.1) is 6.04 Å². The van der Waals surface area contributed by atoms with Gasteiger partial charge in [-0.15, -0.1) is 24.8 Å². The first-order chi connectivity index (χ1) is 13.3. The predicted molar refractivity (Wildman–Crippen MR) is 119 cm³/mol. The molecule has 0 saturated heterocycles. The molecule has 1 aliphatic heterocycles. The summed E-state index contributed by atoms with van der Waals surface area (Å²) in [6.07, 6.45) is 8.63. The summed E-state index contributed by atoms with van der Waals surface area (Å²) in [5.74, 6) is 0.325. The average molecular weight is 430 g/mol. The molecule has 1 aliphatic carbocycles. The number of aromatic nitrogens is 2. The van der Waals surface area contributed by atoms with Crippen LogP contribution >= 0.6 is 24.8 Å². The Bertz CT molecular complexity index is 1110. The number of carbonyl (C=O) groups excluding carboxylic acids is 1. The van der Waals surface area contributed by atoms with Crippen molar-refractivity contribution in [3.63, 3.8) is 0 Å². The number of rotatable bonds is 2. The average Bonchev–Trinajstić information content (AvgIpc) is 3.26. The third-order valence-corrected chi connectivity index (χ3v) is 5.15. The van der Waals surface area contributed by atoms with Crippen LogP contribution in [0, 0.1) is 0 Å². The maximum atomic E-state index is 12.4. The number of aryl methyl sites for hydroxylation is 1. The summed E-state index contributed by atoms with van der Waals surface area (Å²) >= 11 is 0. The van der Waals surface area contributed by atoms with Crippen LogP contribution in [0.3, 0.4) is 0 Å². The van der Waals surface area contributed by atoms with Crippen molar-refractivity contribution in [1.82, 2.24) is 20.6 Å². The van der Waals surface area contributed by atoms with Crippen LogP contribution < -0.4 is 10.6 Å². The van der Waals surface area contributed by atoms with Crippen LogP contribution in [0.4, 0.5) is 0 Å². The fourth-order valence-electron chi connectivity index (χ4n) is 3.85. The maximum Gasteiger partial charge on any atom is 0.276 e. The summed E-state index contributed by atoms with van der Waals surface area (Å²) in [5, 5.41) is 7.22. The molecular formula is C21H21Cl2N5O. The lowest BCUT2D eigenvalue weighted by atomic mass is 9.88.